The molecule has 106 valence electrons. The first-order valence-corrected chi connectivity index (χ1v) is 5.92. The Balaban J connectivity index is 2.15. The zero-order chi connectivity index (χ0) is 15.0. The lowest BCUT2D eigenvalue weighted by atomic mass is 10.3. The van der Waals surface area contributed by atoms with Gasteiger partial charge in [0.1, 0.15) is 17.7 Å². The Kier molecular flexibility index (Phi) is 2.94. The predicted molar refractivity (Wildman–Crippen MR) is 70.1 cm³/mol. The summed E-state index contributed by atoms with van der Waals surface area (Å²) in [5.41, 5.74) is 5.25. The number of fused-ring (bicyclic) bond motifs is 1. The highest BCUT2D eigenvalue weighted by atomic mass is 19.1. The van der Waals surface area contributed by atoms with Crippen molar-refractivity contribution in [2.24, 2.45) is 5.73 Å². The van der Waals surface area contributed by atoms with Gasteiger partial charge in [-0.25, -0.2) is 13.8 Å². The fraction of sp³-hybridized carbons (Fsp3) is 0.0833. The Morgan fingerprint density at radius 3 is 2.67 bits per heavy atom. The van der Waals surface area contributed by atoms with E-state index in [1.165, 1.54) is 35.1 Å². The summed E-state index contributed by atoms with van der Waals surface area (Å²) in [4.78, 5) is 23.0. The molecule has 3 aromatic rings. The maximum atomic E-state index is 12.9. The summed E-state index contributed by atoms with van der Waals surface area (Å²) in [6.07, 6.45) is 1.31. The van der Waals surface area contributed by atoms with Gasteiger partial charge in [0.25, 0.3) is 5.56 Å². The third-order valence-corrected chi connectivity index (χ3v) is 2.83. The van der Waals surface area contributed by atoms with Crippen molar-refractivity contribution < 1.29 is 9.18 Å². The van der Waals surface area contributed by atoms with E-state index >= 15 is 0 Å². The molecule has 0 saturated heterocycles. The Morgan fingerprint density at radius 2 is 2.00 bits per heavy atom. The number of carbonyl (C=O) groups excluding carboxylic acids is 1. The molecule has 1 amide bonds. The maximum absolute atomic E-state index is 12.9. The van der Waals surface area contributed by atoms with Gasteiger partial charge < -0.3 is 5.73 Å². The average molecular weight is 288 g/mol. The van der Waals surface area contributed by atoms with Crippen molar-refractivity contribution in [2.75, 3.05) is 0 Å². The number of aromatic nitrogens is 5. The number of hydrogen-bond acceptors (Lipinski definition) is 5. The monoisotopic (exact) mass is 288 g/mol. The molecule has 0 fully saturated rings. The first kappa shape index (κ1) is 12.9. The van der Waals surface area contributed by atoms with E-state index in [0.717, 1.165) is 4.68 Å². The molecule has 21 heavy (non-hydrogen) atoms. The minimum absolute atomic E-state index is 0.190. The molecule has 3 rings (SSSR count). The normalized spacial score (nSPS) is 10.9. The maximum Gasteiger partial charge on any atom is 0.281 e. The van der Waals surface area contributed by atoms with Gasteiger partial charge in [-0.05, 0) is 24.3 Å². The molecule has 0 aliphatic carbocycles. The van der Waals surface area contributed by atoms with Crippen LogP contribution in [0.3, 0.4) is 0 Å². The van der Waals surface area contributed by atoms with Crippen LogP contribution in [0.15, 0.2) is 35.3 Å². The van der Waals surface area contributed by atoms with Crippen molar-refractivity contribution in [3.05, 3.63) is 46.6 Å². The highest BCUT2D eigenvalue weighted by Crippen LogP contribution is 2.13. The molecule has 0 bridgehead atoms. The Labute approximate surface area is 116 Å². The quantitative estimate of drug-likeness (QED) is 0.705. The molecular formula is C12H9FN6O2. The molecule has 0 radical (unpaired) electrons. The predicted octanol–water partition coefficient (Wildman–Crippen LogP) is -0.398. The second kappa shape index (κ2) is 4.78. The molecule has 0 spiro atoms. The van der Waals surface area contributed by atoms with Gasteiger partial charge in [-0.15, -0.1) is 5.10 Å². The lowest BCUT2D eigenvalue weighted by molar-refractivity contribution is -0.118. The smallest absolute Gasteiger partial charge is 0.281 e. The van der Waals surface area contributed by atoms with E-state index in [0.29, 0.717) is 5.69 Å². The summed E-state index contributed by atoms with van der Waals surface area (Å²) in [5, 5.41) is 11.7. The number of nitrogens with two attached hydrogens (primary N) is 1. The number of halogens is 1. The van der Waals surface area contributed by atoms with E-state index < -0.39 is 11.5 Å². The Hall–Kier alpha value is -3.10. The second-order valence-corrected chi connectivity index (χ2v) is 4.29. The van der Waals surface area contributed by atoms with Gasteiger partial charge in [0.2, 0.25) is 5.91 Å². The van der Waals surface area contributed by atoms with Crippen LogP contribution in [0, 0.1) is 5.82 Å². The first-order chi connectivity index (χ1) is 10.1. The van der Waals surface area contributed by atoms with Crippen LogP contribution in [0.1, 0.15) is 0 Å². The fourth-order valence-electron chi connectivity index (χ4n) is 1.89. The number of carbonyl (C=O) groups is 1. The summed E-state index contributed by atoms with van der Waals surface area (Å²) in [6.45, 7) is -0.358. The largest absolute Gasteiger partial charge is 0.368 e. The third kappa shape index (κ3) is 2.24. The molecule has 0 unspecified atom stereocenters. The van der Waals surface area contributed by atoms with Crippen LogP contribution in [0.25, 0.3) is 16.7 Å². The summed E-state index contributed by atoms with van der Waals surface area (Å²) in [6, 6.07) is 5.53. The lowest BCUT2D eigenvalue weighted by Crippen LogP contribution is -2.30. The van der Waals surface area contributed by atoms with Gasteiger partial charge in [0, 0.05) is 0 Å². The molecule has 0 atom stereocenters. The van der Waals surface area contributed by atoms with Gasteiger partial charge in [-0.2, -0.15) is 5.10 Å². The van der Waals surface area contributed by atoms with Crippen molar-refractivity contribution in [1.82, 2.24) is 24.8 Å². The summed E-state index contributed by atoms with van der Waals surface area (Å²) < 4.78 is 15.1. The number of primary amides is 1. The number of nitrogens with zero attached hydrogens (tertiary/aromatic N) is 5. The van der Waals surface area contributed by atoms with Gasteiger partial charge >= 0.3 is 0 Å². The summed E-state index contributed by atoms with van der Waals surface area (Å²) >= 11 is 0. The second-order valence-electron chi connectivity index (χ2n) is 4.29. The molecule has 2 aromatic heterocycles. The van der Waals surface area contributed by atoms with Gasteiger partial charge in [0.15, 0.2) is 5.65 Å². The van der Waals surface area contributed by atoms with Crippen LogP contribution < -0.4 is 11.3 Å². The minimum Gasteiger partial charge on any atom is -0.368 e. The van der Waals surface area contributed by atoms with Crippen molar-refractivity contribution >= 4 is 16.9 Å². The molecule has 8 nitrogen and oxygen atoms in total. The minimum atomic E-state index is -0.698. The molecule has 2 N–H and O–H groups in total. The van der Waals surface area contributed by atoms with Crippen LogP contribution in [-0.4, -0.2) is 30.7 Å². The number of rotatable bonds is 3. The van der Waals surface area contributed by atoms with E-state index in [9.17, 15) is 14.0 Å². The molecule has 0 aliphatic rings. The Morgan fingerprint density at radius 1 is 1.29 bits per heavy atom. The van der Waals surface area contributed by atoms with Crippen molar-refractivity contribution in [1.29, 1.82) is 0 Å². The lowest BCUT2D eigenvalue weighted by Gasteiger charge is -2.03. The van der Waals surface area contributed by atoms with Crippen molar-refractivity contribution in [3.8, 4) is 5.69 Å². The third-order valence-electron chi connectivity index (χ3n) is 2.83. The van der Waals surface area contributed by atoms with E-state index in [1.54, 1.807) is 0 Å². The molecule has 9 heteroatoms. The zero-order valence-corrected chi connectivity index (χ0v) is 10.6. The van der Waals surface area contributed by atoms with Gasteiger partial charge in [-0.1, -0.05) is 5.21 Å². The number of benzene rings is 1. The van der Waals surface area contributed by atoms with Crippen LogP contribution in [-0.2, 0) is 11.3 Å². The van der Waals surface area contributed by atoms with Crippen LogP contribution in [0.4, 0.5) is 4.39 Å². The standard InChI is InChI=1S/C12H9FN6O2/c13-7-1-3-8(4-2-7)19-11-9(5-15-19)12(21)18(17-16-11)6-10(14)20/h1-5H,6H2,(H2,14,20). The van der Waals surface area contributed by atoms with E-state index in [1.807, 2.05) is 0 Å². The zero-order valence-electron chi connectivity index (χ0n) is 10.6. The Bertz CT molecular complexity index is 883. The first-order valence-electron chi connectivity index (χ1n) is 5.92. The molecule has 0 saturated carbocycles. The van der Waals surface area contributed by atoms with E-state index in [4.69, 9.17) is 5.73 Å². The van der Waals surface area contributed by atoms with Crippen LogP contribution >= 0.6 is 0 Å². The highest BCUT2D eigenvalue weighted by molar-refractivity contribution is 5.76. The van der Waals surface area contributed by atoms with E-state index in [2.05, 4.69) is 15.4 Å². The van der Waals surface area contributed by atoms with E-state index in [-0.39, 0.29) is 23.4 Å². The molecule has 1 aromatic carbocycles. The summed E-state index contributed by atoms with van der Waals surface area (Å²) in [5.74, 6) is -1.08. The summed E-state index contributed by atoms with van der Waals surface area (Å²) in [7, 11) is 0. The van der Waals surface area contributed by atoms with Crippen molar-refractivity contribution in [2.45, 2.75) is 6.54 Å². The molecule has 2 heterocycles. The number of hydrogen-bond donors (Lipinski definition) is 1. The molecule has 0 aliphatic heterocycles. The van der Waals surface area contributed by atoms with Gasteiger partial charge in [-0.3, -0.25) is 9.59 Å². The van der Waals surface area contributed by atoms with Crippen LogP contribution in [0.2, 0.25) is 0 Å². The molecular weight excluding hydrogens is 279 g/mol. The van der Waals surface area contributed by atoms with Gasteiger partial charge in [0.05, 0.1) is 11.9 Å². The van der Waals surface area contributed by atoms with Crippen molar-refractivity contribution in [3.63, 3.8) is 0 Å². The SMILES string of the molecule is NC(=O)Cn1nnc2c(cnn2-c2ccc(F)cc2)c1=O. The number of amides is 1. The fourth-order valence-corrected chi connectivity index (χ4v) is 1.89. The topological polar surface area (TPSA) is 109 Å². The highest BCUT2D eigenvalue weighted by Gasteiger charge is 2.13. The van der Waals surface area contributed by atoms with Crippen LogP contribution in [0.5, 0.6) is 0 Å². The average Bonchev–Trinajstić information content (AvgIpc) is 2.87.